The lowest BCUT2D eigenvalue weighted by Crippen LogP contribution is -2.11. The smallest absolute Gasteiger partial charge is 0.263 e. The lowest BCUT2D eigenvalue weighted by atomic mass is 10.3. The second-order valence-corrected chi connectivity index (χ2v) is 4.81. The second-order valence-electron chi connectivity index (χ2n) is 3.25. The highest BCUT2D eigenvalue weighted by atomic mass is 32.2. The highest BCUT2D eigenvalue weighted by Crippen LogP contribution is 2.19. The molecule has 0 radical (unpaired) electrons. The van der Waals surface area contributed by atoms with Gasteiger partial charge >= 0.3 is 0 Å². The molecular formula is C9H8N2O4S. The average molecular weight is 240 g/mol. The van der Waals surface area contributed by atoms with Crippen molar-refractivity contribution in [1.29, 1.82) is 0 Å². The maximum absolute atomic E-state index is 11.1. The lowest BCUT2D eigenvalue weighted by molar-refractivity contribution is 0.0983. The van der Waals surface area contributed by atoms with E-state index in [4.69, 9.17) is 9.56 Å². The van der Waals surface area contributed by atoms with Gasteiger partial charge in [-0.25, -0.2) is 18.5 Å². The Hall–Kier alpha value is -1.73. The Balaban J connectivity index is 2.67. The van der Waals surface area contributed by atoms with Crippen LogP contribution < -0.4 is 5.14 Å². The highest BCUT2D eigenvalue weighted by Gasteiger charge is 2.13. The minimum atomic E-state index is -3.78. The molecule has 0 saturated carbocycles. The Morgan fingerprint density at radius 2 is 2.12 bits per heavy atom. The molecule has 0 fully saturated rings. The third-order valence-electron chi connectivity index (χ3n) is 1.99. The Labute approximate surface area is 91.1 Å². The molecule has 1 aromatic heterocycles. The Bertz CT molecular complexity index is 672. The van der Waals surface area contributed by atoms with Gasteiger partial charge in [-0.3, -0.25) is 4.79 Å². The van der Waals surface area contributed by atoms with E-state index in [2.05, 4.69) is 4.98 Å². The fourth-order valence-corrected chi connectivity index (χ4v) is 1.76. The molecule has 0 atom stereocenters. The molecule has 0 amide bonds. The molecule has 7 heteroatoms. The van der Waals surface area contributed by atoms with E-state index < -0.39 is 10.0 Å². The number of carbonyl (C=O) groups is 1. The van der Waals surface area contributed by atoms with Crippen molar-refractivity contribution in [3.05, 3.63) is 24.1 Å². The molecule has 2 aromatic rings. The summed E-state index contributed by atoms with van der Waals surface area (Å²) in [5.41, 5.74) is 0.634. The quantitative estimate of drug-likeness (QED) is 0.777. The van der Waals surface area contributed by atoms with Gasteiger partial charge < -0.3 is 4.42 Å². The van der Waals surface area contributed by atoms with Crippen molar-refractivity contribution >= 4 is 26.9 Å². The van der Waals surface area contributed by atoms with Crippen LogP contribution in [0.1, 0.15) is 17.6 Å². The summed E-state index contributed by atoms with van der Waals surface area (Å²) in [7, 11) is -3.78. The normalized spacial score (nSPS) is 11.9. The standard InChI is InChI=1S/C9H8N2O4S/c1-5(12)9-11-7-3-2-6(16(10,13)14)4-8(7)15-9/h2-4H,1H3,(H2,10,13,14). The topological polar surface area (TPSA) is 103 Å². The van der Waals surface area contributed by atoms with Crippen molar-refractivity contribution in [2.75, 3.05) is 0 Å². The van der Waals surface area contributed by atoms with Gasteiger partial charge in [0.1, 0.15) is 5.52 Å². The number of oxazole rings is 1. The van der Waals surface area contributed by atoms with Gasteiger partial charge in [0.15, 0.2) is 5.58 Å². The van der Waals surface area contributed by atoms with Crippen LogP contribution in [0.4, 0.5) is 0 Å². The summed E-state index contributed by atoms with van der Waals surface area (Å²) in [6, 6.07) is 3.99. The molecule has 1 heterocycles. The van der Waals surface area contributed by atoms with E-state index >= 15 is 0 Å². The first kappa shape index (κ1) is 10.8. The molecule has 0 saturated heterocycles. The Morgan fingerprint density at radius 1 is 1.44 bits per heavy atom. The monoisotopic (exact) mass is 240 g/mol. The summed E-state index contributed by atoms with van der Waals surface area (Å²) in [5, 5.41) is 4.96. The number of fused-ring (bicyclic) bond motifs is 1. The third kappa shape index (κ3) is 1.82. The fourth-order valence-electron chi connectivity index (χ4n) is 1.23. The number of hydrogen-bond donors (Lipinski definition) is 1. The maximum Gasteiger partial charge on any atom is 0.263 e. The molecule has 0 aliphatic carbocycles. The molecule has 1 aromatic carbocycles. The molecule has 0 aliphatic heterocycles. The molecule has 16 heavy (non-hydrogen) atoms. The van der Waals surface area contributed by atoms with Crippen molar-refractivity contribution < 1.29 is 17.6 Å². The van der Waals surface area contributed by atoms with Gasteiger partial charge in [0.05, 0.1) is 4.90 Å². The number of sulfonamides is 1. The molecule has 0 aliphatic rings. The summed E-state index contributed by atoms with van der Waals surface area (Å²) in [5.74, 6) is -0.380. The van der Waals surface area contributed by atoms with Gasteiger partial charge in [0, 0.05) is 13.0 Å². The number of aromatic nitrogens is 1. The van der Waals surface area contributed by atoms with Crippen LogP contribution in [0.3, 0.4) is 0 Å². The van der Waals surface area contributed by atoms with Crippen molar-refractivity contribution in [2.45, 2.75) is 11.8 Å². The van der Waals surface area contributed by atoms with Gasteiger partial charge in [-0.05, 0) is 12.1 Å². The van der Waals surface area contributed by atoms with Crippen LogP contribution in [0.15, 0.2) is 27.5 Å². The van der Waals surface area contributed by atoms with Gasteiger partial charge in [-0.2, -0.15) is 0 Å². The number of rotatable bonds is 2. The van der Waals surface area contributed by atoms with Crippen molar-refractivity contribution in [3.63, 3.8) is 0 Å². The first-order chi connectivity index (χ1) is 7.38. The fraction of sp³-hybridized carbons (Fsp3) is 0.111. The number of primary sulfonamides is 1. The first-order valence-electron chi connectivity index (χ1n) is 4.32. The first-order valence-corrected chi connectivity index (χ1v) is 5.87. The average Bonchev–Trinajstić information content (AvgIpc) is 2.58. The predicted molar refractivity (Wildman–Crippen MR) is 55.4 cm³/mol. The summed E-state index contributed by atoms with van der Waals surface area (Å²) in [4.78, 5) is 14.8. The molecule has 2 N–H and O–H groups in total. The van der Waals surface area contributed by atoms with E-state index in [9.17, 15) is 13.2 Å². The zero-order valence-electron chi connectivity index (χ0n) is 8.30. The van der Waals surface area contributed by atoms with Crippen molar-refractivity contribution in [2.24, 2.45) is 5.14 Å². The molecule has 0 spiro atoms. The third-order valence-corrected chi connectivity index (χ3v) is 2.90. The van der Waals surface area contributed by atoms with E-state index in [1.807, 2.05) is 0 Å². The van der Waals surface area contributed by atoms with Gasteiger partial charge in [-0.1, -0.05) is 0 Å². The van der Waals surface area contributed by atoms with E-state index in [1.165, 1.54) is 25.1 Å². The van der Waals surface area contributed by atoms with Crippen LogP contribution in [-0.4, -0.2) is 19.2 Å². The highest BCUT2D eigenvalue weighted by molar-refractivity contribution is 7.89. The summed E-state index contributed by atoms with van der Waals surface area (Å²) < 4.78 is 27.2. The number of Topliss-reactive ketones (excluding diaryl/α,β-unsaturated/α-hetero) is 1. The minimum Gasteiger partial charge on any atom is -0.434 e. The molecule has 2 rings (SSSR count). The van der Waals surface area contributed by atoms with Crippen LogP contribution in [0, 0.1) is 0 Å². The van der Waals surface area contributed by atoms with Gasteiger partial charge in [0.2, 0.25) is 15.8 Å². The van der Waals surface area contributed by atoms with Crippen LogP contribution in [-0.2, 0) is 10.0 Å². The molecule has 6 nitrogen and oxygen atoms in total. The predicted octanol–water partition coefficient (Wildman–Crippen LogP) is 0.678. The Morgan fingerprint density at radius 3 is 2.69 bits per heavy atom. The number of carbonyl (C=O) groups excluding carboxylic acids is 1. The van der Waals surface area contributed by atoms with E-state index in [1.54, 1.807) is 0 Å². The van der Waals surface area contributed by atoms with Crippen LogP contribution in [0.5, 0.6) is 0 Å². The largest absolute Gasteiger partial charge is 0.434 e. The SMILES string of the molecule is CC(=O)c1nc2ccc(S(N)(=O)=O)cc2o1. The zero-order chi connectivity index (χ0) is 11.9. The minimum absolute atomic E-state index is 0.0541. The van der Waals surface area contributed by atoms with E-state index in [0.29, 0.717) is 5.52 Å². The summed E-state index contributed by atoms with van der Waals surface area (Å²) in [6.07, 6.45) is 0. The molecule has 84 valence electrons. The maximum atomic E-state index is 11.1. The summed E-state index contributed by atoms with van der Waals surface area (Å²) >= 11 is 0. The van der Waals surface area contributed by atoms with Gasteiger partial charge in [-0.15, -0.1) is 0 Å². The number of ketones is 1. The van der Waals surface area contributed by atoms with Crippen LogP contribution >= 0.6 is 0 Å². The molecular weight excluding hydrogens is 232 g/mol. The van der Waals surface area contributed by atoms with Crippen LogP contribution in [0.25, 0.3) is 11.1 Å². The molecule has 0 unspecified atom stereocenters. The number of benzene rings is 1. The van der Waals surface area contributed by atoms with Crippen LogP contribution in [0.2, 0.25) is 0 Å². The number of nitrogens with zero attached hydrogens (tertiary/aromatic N) is 1. The van der Waals surface area contributed by atoms with E-state index in [0.717, 1.165) is 0 Å². The second kappa shape index (κ2) is 3.39. The number of hydrogen-bond acceptors (Lipinski definition) is 5. The lowest BCUT2D eigenvalue weighted by Gasteiger charge is -1.95. The Kier molecular flexibility index (Phi) is 2.28. The van der Waals surface area contributed by atoms with Gasteiger partial charge in [0.25, 0.3) is 5.89 Å². The summed E-state index contributed by atoms with van der Waals surface area (Å²) in [6.45, 7) is 1.31. The zero-order valence-corrected chi connectivity index (χ0v) is 9.11. The van der Waals surface area contributed by atoms with Crippen molar-refractivity contribution in [3.8, 4) is 0 Å². The molecule has 0 bridgehead atoms. The van der Waals surface area contributed by atoms with E-state index in [-0.39, 0.29) is 22.2 Å². The van der Waals surface area contributed by atoms with Crippen molar-refractivity contribution in [1.82, 2.24) is 4.98 Å². The number of nitrogens with two attached hydrogens (primary N) is 1.